The van der Waals surface area contributed by atoms with E-state index in [1.54, 1.807) is 0 Å². The minimum atomic E-state index is 1.13. The summed E-state index contributed by atoms with van der Waals surface area (Å²) in [5.41, 5.74) is 1.48. The highest BCUT2D eigenvalue weighted by molar-refractivity contribution is 5.09. The lowest BCUT2D eigenvalue weighted by molar-refractivity contribution is 0.905. The van der Waals surface area contributed by atoms with Crippen molar-refractivity contribution in [1.29, 1.82) is 0 Å². The van der Waals surface area contributed by atoms with E-state index in [4.69, 9.17) is 0 Å². The highest BCUT2D eigenvalue weighted by Crippen LogP contribution is 2.02. The van der Waals surface area contributed by atoms with Crippen LogP contribution in [0.25, 0.3) is 0 Å². The van der Waals surface area contributed by atoms with Crippen LogP contribution in [0.1, 0.15) is 53.9 Å². The van der Waals surface area contributed by atoms with Crippen LogP contribution < -0.4 is 0 Å². The first kappa shape index (κ1) is 14.0. The summed E-state index contributed by atoms with van der Waals surface area (Å²) in [4.78, 5) is 0. The molecule has 0 bridgehead atoms. The predicted molar refractivity (Wildman–Crippen MR) is 59.4 cm³/mol. The SMILES string of the molecule is CC.CC/C=C\C=C(/C)CCC. The van der Waals surface area contributed by atoms with Crippen LogP contribution in [0.5, 0.6) is 0 Å². The summed E-state index contributed by atoms with van der Waals surface area (Å²) in [6, 6.07) is 0. The monoisotopic (exact) mass is 168 g/mol. The molecule has 0 heteroatoms. The Morgan fingerprint density at radius 1 is 1.17 bits per heavy atom. The summed E-state index contributed by atoms with van der Waals surface area (Å²) in [6.45, 7) is 10.5. The molecular formula is C12H24. The number of hydrogen-bond donors (Lipinski definition) is 0. The molecule has 0 amide bonds. The Bertz CT molecular complexity index is 118. The molecule has 0 radical (unpaired) electrons. The Morgan fingerprint density at radius 3 is 2.17 bits per heavy atom. The van der Waals surface area contributed by atoms with Crippen LogP contribution in [0, 0.1) is 0 Å². The summed E-state index contributed by atoms with van der Waals surface area (Å²) < 4.78 is 0. The Hall–Kier alpha value is -0.520. The van der Waals surface area contributed by atoms with E-state index in [2.05, 4.69) is 39.0 Å². The molecule has 0 atom stereocenters. The van der Waals surface area contributed by atoms with Crippen molar-refractivity contribution in [2.24, 2.45) is 0 Å². The van der Waals surface area contributed by atoms with Gasteiger partial charge in [-0.25, -0.2) is 0 Å². The standard InChI is InChI=1S/C10H18.C2H6/c1-4-6-7-9-10(3)8-5-2;1-2/h6-7,9H,4-5,8H2,1-3H3;1-2H3/b7-6-,10-9+;. The normalized spacial score (nSPS) is 11.2. The van der Waals surface area contributed by atoms with Gasteiger partial charge in [0.1, 0.15) is 0 Å². The molecule has 0 spiro atoms. The molecule has 0 nitrogen and oxygen atoms in total. The zero-order chi connectivity index (χ0) is 9.82. The summed E-state index contributed by atoms with van der Waals surface area (Å²) >= 11 is 0. The van der Waals surface area contributed by atoms with Crippen LogP contribution in [0.15, 0.2) is 23.8 Å². The van der Waals surface area contributed by atoms with E-state index in [0.29, 0.717) is 0 Å². The fourth-order valence-corrected chi connectivity index (χ4v) is 0.846. The number of hydrogen-bond acceptors (Lipinski definition) is 0. The average molecular weight is 168 g/mol. The molecule has 0 N–H and O–H groups in total. The highest BCUT2D eigenvalue weighted by Gasteiger charge is 1.81. The summed E-state index contributed by atoms with van der Waals surface area (Å²) in [5, 5.41) is 0. The number of rotatable bonds is 4. The van der Waals surface area contributed by atoms with Crippen molar-refractivity contribution in [3.63, 3.8) is 0 Å². The molecule has 0 aromatic rings. The average Bonchev–Trinajstić information content (AvgIpc) is 2.09. The third-order valence-corrected chi connectivity index (χ3v) is 1.40. The van der Waals surface area contributed by atoms with Crippen molar-refractivity contribution >= 4 is 0 Å². The van der Waals surface area contributed by atoms with E-state index in [9.17, 15) is 0 Å². The lowest BCUT2D eigenvalue weighted by Crippen LogP contribution is -1.72. The van der Waals surface area contributed by atoms with Crippen LogP contribution in [-0.2, 0) is 0 Å². The van der Waals surface area contributed by atoms with Crippen molar-refractivity contribution in [3.8, 4) is 0 Å². The van der Waals surface area contributed by atoms with Crippen molar-refractivity contribution in [2.75, 3.05) is 0 Å². The molecule has 0 unspecified atom stereocenters. The minimum Gasteiger partial charge on any atom is -0.0848 e. The quantitative estimate of drug-likeness (QED) is 0.532. The largest absolute Gasteiger partial charge is 0.0848 e. The molecule has 0 aliphatic carbocycles. The van der Waals surface area contributed by atoms with Gasteiger partial charge in [0.15, 0.2) is 0 Å². The second-order valence-corrected chi connectivity index (χ2v) is 2.60. The molecule has 72 valence electrons. The second kappa shape index (κ2) is 13.1. The summed E-state index contributed by atoms with van der Waals surface area (Å²) in [7, 11) is 0. The topological polar surface area (TPSA) is 0 Å². The van der Waals surface area contributed by atoms with Gasteiger partial charge >= 0.3 is 0 Å². The zero-order valence-corrected chi connectivity index (χ0v) is 9.35. The van der Waals surface area contributed by atoms with E-state index in [1.165, 1.54) is 18.4 Å². The molecule has 0 aliphatic rings. The van der Waals surface area contributed by atoms with Crippen LogP contribution in [0.3, 0.4) is 0 Å². The predicted octanol–water partition coefficient (Wildman–Crippen LogP) is 4.73. The van der Waals surface area contributed by atoms with E-state index in [-0.39, 0.29) is 0 Å². The minimum absolute atomic E-state index is 1.13. The maximum atomic E-state index is 2.21. The smallest absolute Gasteiger partial charge is 0.0323 e. The first-order valence-electron chi connectivity index (χ1n) is 5.13. The molecule has 0 fully saturated rings. The van der Waals surface area contributed by atoms with Crippen molar-refractivity contribution in [3.05, 3.63) is 23.8 Å². The van der Waals surface area contributed by atoms with Crippen molar-refractivity contribution < 1.29 is 0 Å². The highest BCUT2D eigenvalue weighted by atomic mass is 13.9. The maximum absolute atomic E-state index is 2.21. The van der Waals surface area contributed by atoms with E-state index in [1.807, 2.05) is 13.8 Å². The summed E-state index contributed by atoms with van der Waals surface area (Å²) in [6.07, 6.45) is 10.1. The van der Waals surface area contributed by atoms with Crippen LogP contribution in [0.2, 0.25) is 0 Å². The molecular weight excluding hydrogens is 144 g/mol. The third-order valence-electron chi connectivity index (χ3n) is 1.40. The first-order valence-corrected chi connectivity index (χ1v) is 5.13. The van der Waals surface area contributed by atoms with Gasteiger partial charge in [0.25, 0.3) is 0 Å². The first-order chi connectivity index (χ1) is 5.81. The molecule has 0 saturated heterocycles. The Morgan fingerprint density at radius 2 is 1.75 bits per heavy atom. The third kappa shape index (κ3) is 12.2. The number of allylic oxidation sites excluding steroid dienone is 4. The molecule has 0 aromatic heterocycles. The molecule has 0 aliphatic heterocycles. The fourth-order valence-electron chi connectivity index (χ4n) is 0.846. The van der Waals surface area contributed by atoms with Crippen LogP contribution in [-0.4, -0.2) is 0 Å². The molecule has 0 rings (SSSR count). The van der Waals surface area contributed by atoms with Crippen molar-refractivity contribution in [2.45, 2.75) is 53.9 Å². The maximum Gasteiger partial charge on any atom is -0.0323 e. The van der Waals surface area contributed by atoms with E-state index in [0.717, 1.165) is 6.42 Å². The Labute approximate surface area is 78.4 Å². The molecule has 12 heavy (non-hydrogen) atoms. The van der Waals surface area contributed by atoms with Gasteiger partial charge in [-0.05, 0) is 19.8 Å². The van der Waals surface area contributed by atoms with Gasteiger partial charge in [0.05, 0.1) is 0 Å². The van der Waals surface area contributed by atoms with Gasteiger partial charge in [0.2, 0.25) is 0 Å². The molecule has 0 aromatic carbocycles. The molecule has 0 saturated carbocycles. The van der Waals surface area contributed by atoms with Gasteiger partial charge in [0, 0.05) is 0 Å². The van der Waals surface area contributed by atoms with E-state index < -0.39 is 0 Å². The van der Waals surface area contributed by atoms with Gasteiger partial charge in [-0.3, -0.25) is 0 Å². The van der Waals surface area contributed by atoms with Crippen LogP contribution >= 0.6 is 0 Å². The van der Waals surface area contributed by atoms with Crippen molar-refractivity contribution in [1.82, 2.24) is 0 Å². The Kier molecular flexibility index (Phi) is 15.3. The van der Waals surface area contributed by atoms with Crippen LogP contribution in [0.4, 0.5) is 0 Å². The fraction of sp³-hybridized carbons (Fsp3) is 0.667. The molecule has 0 heterocycles. The summed E-state index contributed by atoms with van der Waals surface area (Å²) in [5.74, 6) is 0. The van der Waals surface area contributed by atoms with Gasteiger partial charge < -0.3 is 0 Å². The van der Waals surface area contributed by atoms with E-state index >= 15 is 0 Å². The van der Waals surface area contributed by atoms with Gasteiger partial charge in [-0.1, -0.05) is 57.9 Å². The Balaban J connectivity index is 0. The zero-order valence-electron chi connectivity index (χ0n) is 9.35. The van der Waals surface area contributed by atoms with Gasteiger partial charge in [-0.15, -0.1) is 0 Å². The lowest BCUT2D eigenvalue weighted by Gasteiger charge is -1.92. The lowest BCUT2D eigenvalue weighted by atomic mass is 10.1. The second-order valence-electron chi connectivity index (χ2n) is 2.60. The van der Waals surface area contributed by atoms with Gasteiger partial charge in [-0.2, -0.15) is 0 Å².